The number of esters is 1. The molecule has 0 bridgehead atoms. The van der Waals surface area contributed by atoms with Crippen LogP contribution in [0.1, 0.15) is 56.7 Å². The highest BCUT2D eigenvalue weighted by molar-refractivity contribution is 6.38. The van der Waals surface area contributed by atoms with Crippen molar-refractivity contribution in [2.75, 3.05) is 34.0 Å². The second-order valence-electron chi connectivity index (χ2n) is 11.6. The summed E-state index contributed by atoms with van der Waals surface area (Å²) in [6.07, 6.45) is 3.61. The minimum atomic E-state index is -1.31. The molecular weight excluding hydrogens is 596 g/mol. The first-order valence-corrected chi connectivity index (χ1v) is 15.0. The van der Waals surface area contributed by atoms with Gasteiger partial charge < -0.3 is 34.3 Å². The zero-order valence-corrected chi connectivity index (χ0v) is 26.7. The Morgan fingerprint density at radius 3 is 2.48 bits per heavy atom. The molecule has 0 aromatic heterocycles. The molecule has 3 rings (SSSR count). The lowest BCUT2D eigenvalue weighted by atomic mass is 9.87. The number of hydrogen-bond acceptors (Lipinski definition) is 9. The topological polar surface area (TPSA) is 158 Å². The van der Waals surface area contributed by atoms with E-state index in [9.17, 15) is 24.0 Å². The Hall–Kier alpha value is -4.87. The van der Waals surface area contributed by atoms with Gasteiger partial charge in [-0.1, -0.05) is 24.8 Å². The molecule has 1 fully saturated rings. The molecule has 2 amide bonds. The Morgan fingerprint density at radius 2 is 1.80 bits per heavy atom. The number of carboxylic acids is 1. The quantitative estimate of drug-likeness (QED) is 0.158. The van der Waals surface area contributed by atoms with E-state index in [1.54, 1.807) is 44.6 Å². The van der Waals surface area contributed by atoms with Gasteiger partial charge in [0.15, 0.2) is 18.1 Å². The van der Waals surface area contributed by atoms with Crippen LogP contribution >= 0.6 is 0 Å². The molecule has 1 heterocycles. The Bertz CT molecular complexity index is 1440. The molecule has 0 radical (unpaired) electrons. The molecule has 0 unspecified atom stereocenters. The predicted octanol–water partition coefficient (Wildman–Crippen LogP) is 3.66. The van der Waals surface area contributed by atoms with E-state index in [1.807, 2.05) is 12.1 Å². The number of nitrogens with one attached hydrogen (secondary N) is 1. The van der Waals surface area contributed by atoms with Crippen molar-refractivity contribution in [1.29, 1.82) is 0 Å². The molecule has 1 aliphatic rings. The molecule has 0 aliphatic carbocycles. The van der Waals surface area contributed by atoms with E-state index in [-0.39, 0.29) is 13.2 Å². The number of carbonyl (C=O) groups excluding carboxylic acids is 4. The number of benzene rings is 2. The predicted molar refractivity (Wildman–Crippen MR) is 168 cm³/mol. The van der Waals surface area contributed by atoms with Crippen LogP contribution in [0.15, 0.2) is 55.1 Å². The van der Waals surface area contributed by atoms with E-state index in [0.29, 0.717) is 54.9 Å². The van der Waals surface area contributed by atoms with E-state index < -0.39 is 53.6 Å². The summed E-state index contributed by atoms with van der Waals surface area (Å²) >= 11 is 0. The molecule has 2 atom stereocenters. The first kappa shape index (κ1) is 35.6. The molecular formula is C34H42N2O10. The van der Waals surface area contributed by atoms with Crippen molar-refractivity contribution in [1.82, 2.24) is 10.2 Å². The second-order valence-corrected chi connectivity index (χ2v) is 11.6. The maximum absolute atomic E-state index is 13.9. The number of rotatable bonds is 16. The van der Waals surface area contributed by atoms with Crippen LogP contribution in [-0.2, 0) is 35.1 Å². The standard InChI is InChI=1S/C34H42N2O10/c1-6-30(39)46-21-34(2,3)31(40)33(42)36-17-8-7-12-26(36)32(41)35-25(23-10-9-11-24(19-23)45-20-29(37)38)15-13-22-14-16-27(43-4)28(18-22)44-5/h6,9-11,14,16,18-19,25-26H,1,7-8,12-13,15,17,20-21H2,2-5H3,(H,35,41)(H,37,38)/t25-,26+/m1/s1. The number of ketones is 1. The van der Waals surface area contributed by atoms with Crippen molar-refractivity contribution in [2.24, 2.45) is 5.41 Å². The van der Waals surface area contributed by atoms with Crippen molar-refractivity contribution >= 4 is 29.5 Å². The van der Waals surface area contributed by atoms with Crippen LogP contribution in [0.3, 0.4) is 0 Å². The molecule has 1 aliphatic heterocycles. The molecule has 1 saturated heterocycles. The largest absolute Gasteiger partial charge is 0.493 e. The summed E-state index contributed by atoms with van der Waals surface area (Å²) in [6.45, 7) is 5.73. The minimum Gasteiger partial charge on any atom is -0.493 e. The van der Waals surface area contributed by atoms with Crippen LogP contribution in [0.5, 0.6) is 17.2 Å². The summed E-state index contributed by atoms with van der Waals surface area (Å²) < 4.78 is 21.2. The van der Waals surface area contributed by atoms with Gasteiger partial charge in [-0.15, -0.1) is 0 Å². The van der Waals surface area contributed by atoms with Crippen LogP contribution in [0, 0.1) is 5.41 Å². The van der Waals surface area contributed by atoms with Crippen molar-refractivity contribution in [3.8, 4) is 17.2 Å². The zero-order valence-electron chi connectivity index (χ0n) is 26.7. The first-order valence-electron chi connectivity index (χ1n) is 15.0. The van der Waals surface area contributed by atoms with Gasteiger partial charge in [0, 0.05) is 12.6 Å². The summed E-state index contributed by atoms with van der Waals surface area (Å²) in [5.74, 6) is -2.37. The van der Waals surface area contributed by atoms with Crippen molar-refractivity contribution in [3.05, 3.63) is 66.2 Å². The Morgan fingerprint density at radius 1 is 1.07 bits per heavy atom. The van der Waals surface area contributed by atoms with Gasteiger partial charge in [0.05, 0.1) is 25.7 Å². The first-order chi connectivity index (χ1) is 21.9. The number of likely N-dealkylation sites (tertiary alicyclic amines) is 1. The number of hydrogen-bond donors (Lipinski definition) is 2. The number of Topliss-reactive ketones (excluding diaryl/α,β-unsaturated/α-hetero) is 1. The van der Waals surface area contributed by atoms with Gasteiger partial charge in [0.25, 0.3) is 5.91 Å². The molecule has 2 aromatic carbocycles. The van der Waals surface area contributed by atoms with E-state index in [1.165, 1.54) is 18.7 Å². The third-order valence-electron chi connectivity index (χ3n) is 7.73. The average Bonchev–Trinajstić information content (AvgIpc) is 3.07. The number of carbonyl (C=O) groups is 5. The van der Waals surface area contributed by atoms with E-state index in [4.69, 9.17) is 24.1 Å². The molecule has 2 N–H and O–H groups in total. The summed E-state index contributed by atoms with van der Waals surface area (Å²) in [6, 6.07) is 10.9. The van der Waals surface area contributed by atoms with Gasteiger partial charge in [-0.05, 0) is 81.3 Å². The maximum Gasteiger partial charge on any atom is 0.341 e. The van der Waals surface area contributed by atoms with Crippen molar-refractivity contribution in [3.63, 3.8) is 0 Å². The van der Waals surface area contributed by atoms with Gasteiger partial charge in [0.1, 0.15) is 18.4 Å². The smallest absolute Gasteiger partial charge is 0.341 e. The SMILES string of the molecule is C=CC(=O)OCC(C)(C)C(=O)C(=O)N1CCCC[C@H]1C(=O)N[C@H](CCc1ccc(OC)c(OC)c1)c1cccc(OCC(=O)O)c1. The fraction of sp³-hybridized carbons (Fsp3) is 0.441. The molecule has 248 valence electrons. The highest BCUT2D eigenvalue weighted by atomic mass is 16.5. The number of aryl methyl sites for hydroxylation is 1. The van der Waals surface area contributed by atoms with Gasteiger partial charge in [-0.3, -0.25) is 14.4 Å². The lowest BCUT2D eigenvalue weighted by molar-refractivity contribution is -0.157. The summed E-state index contributed by atoms with van der Waals surface area (Å²) in [7, 11) is 3.10. The molecule has 12 heteroatoms. The van der Waals surface area contributed by atoms with Crippen LogP contribution in [0.2, 0.25) is 0 Å². The van der Waals surface area contributed by atoms with Gasteiger partial charge in [-0.2, -0.15) is 0 Å². The minimum absolute atomic E-state index is 0.222. The van der Waals surface area contributed by atoms with Gasteiger partial charge in [-0.25, -0.2) is 9.59 Å². The fourth-order valence-electron chi connectivity index (χ4n) is 5.15. The third kappa shape index (κ3) is 9.56. The van der Waals surface area contributed by atoms with Crippen molar-refractivity contribution in [2.45, 2.75) is 58.0 Å². The number of aliphatic carboxylic acids is 1. The van der Waals surface area contributed by atoms with E-state index in [0.717, 1.165) is 11.6 Å². The van der Waals surface area contributed by atoms with E-state index in [2.05, 4.69) is 11.9 Å². The second kappa shape index (κ2) is 16.4. The van der Waals surface area contributed by atoms with Crippen LogP contribution < -0.4 is 19.5 Å². The number of carboxylic acid groups (broad SMARTS) is 1. The summed E-state index contributed by atoms with van der Waals surface area (Å²) in [5.41, 5.74) is 0.285. The molecule has 0 spiro atoms. The number of ether oxygens (including phenoxy) is 4. The molecule has 2 aromatic rings. The lowest BCUT2D eigenvalue weighted by Crippen LogP contribution is -2.56. The Balaban J connectivity index is 1.85. The number of amides is 2. The highest BCUT2D eigenvalue weighted by Gasteiger charge is 2.41. The number of piperidine rings is 1. The summed E-state index contributed by atoms with van der Waals surface area (Å²) in [5, 5.41) is 12.1. The zero-order chi connectivity index (χ0) is 33.9. The highest BCUT2D eigenvalue weighted by Crippen LogP contribution is 2.30. The molecule has 0 saturated carbocycles. The Kier molecular flexibility index (Phi) is 12.7. The maximum atomic E-state index is 13.9. The van der Waals surface area contributed by atoms with Crippen LogP contribution in [-0.4, -0.2) is 79.6 Å². The normalized spacial score (nSPS) is 15.2. The van der Waals surface area contributed by atoms with Gasteiger partial charge >= 0.3 is 11.9 Å². The van der Waals surface area contributed by atoms with Crippen molar-refractivity contribution < 1.29 is 48.0 Å². The summed E-state index contributed by atoms with van der Waals surface area (Å²) in [4.78, 5) is 64.5. The Labute approximate surface area is 268 Å². The monoisotopic (exact) mass is 638 g/mol. The molecule has 12 nitrogen and oxygen atoms in total. The molecule has 46 heavy (non-hydrogen) atoms. The van der Waals surface area contributed by atoms with Crippen LogP contribution in [0.4, 0.5) is 0 Å². The van der Waals surface area contributed by atoms with Crippen LogP contribution in [0.25, 0.3) is 0 Å². The van der Waals surface area contributed by atoms with Gasteiger partial charge in [0.2, 0.25) is 11.7 Å². The lowest BCUT2D eigenvalue weighted by Gasteiger charge is -2.36. The number of nitrogens with zero attached hydrogens (tertiary/aromatic N) is 1. The third-order valence-corrected chi connectivity index (χ3v) is 7.73. The van der Waals surface area contributed by atoms with E-state index >= 15 is 0 Å². The number of methoxy groups -OCH3 is 2. The fourth-order valence-corrected chi connectivity index (χ4v) is 5.15. The average molecular weight is 639 g/mol.